The molecular formula is C24H25N3O2S. The first-order chi connectivity index (χ1) is 14.5. The summed E-state index contributed by atoms with van der Waals surface area (Å²) in [7, 11) is 0. The van der Waals surface area contributed by atoms with Gasteiger partial charge in [-0.1, -0.05) is 48.0 Å². The highest BCUT2D eigenvalue weighted by Gasteiger charge is 2.30. The highest BCUT2D eigenvalue weighted by molar-refractivity contribution is 7.10. The summed E-state index contributed by atoms with van der Waals surface area (Å²) in [6, 6.07) is 19.7. The molecule has 0 unspecified atom stereocenters. The number of aryl methyl sites for hydroxylation is 1. The van der Waals surface area contributed by atoms with Crippen molar-refractivity contribution in [1.29, 1.82) is 0 Å². The predicted molar refractivity (Wildman–Crippen MR) is 122 cm³/mol. The number of fused-ring (bicyclic) bond motifs is 1. The fraction of sp³-hybridized carbons (Fsp3) is 0.250. The van der Waals surface area contributed by atoms with Crippen LogP contribution in [0.2, 0.25) is 0 Å². The maximum atomic E-state index is 13.3. The Balaban J connectivity index is 1.57. The Morgan fingerprint density at radius 3 is 2.67 bits per heavy atom. The first kappa shape index (κ1) is 20.3. The molecule has 0 saturated heterocycles. The molecule has 6 heteroatoms. The topological polar surface area (TPSA) is 61.4 Å². The molecule has 0 aliphatic carbocycles. The second-order valence-electron chi connectivity index (χ2n) is 7.62. The molecule has 2 atom stereocenters. The molecule has 154 valence electrons. The lowest BCUT2D eigenvalue weighted by Gasteiger charge is -2.29. The summed E-state index contributed by atoms with van der Waals surface area (Å²) in [5.41, 5.74) is 3.74. The number of nitrogens with one attached hydrogen (secondary N) is 2. The molecule has 0 spiro atoms. The molecule has 0 bridgehead atoms. The van der Waals surface area contributed by atoms with Crippen LogP contribution < -0.4 is 15.5 Å². The van der Waals surface area contributed by atoms with E-state index in [1.165, 1.54) is 5.56 Å². The molecule has 3 aromatic rings. The minimum Gasteiger partial charge on any atom is -0.324 e. The Bertz CT molecular complexity index is 1030. The number of hydrogen-bond donors (Lipinski definition) is 2. The monoisotopic (exact) mass is 419 g/mol. The van der Waals surface area contributed by atoms with Crippen LogP contribution in [0, 0.1) is 6.92 Å². The highest BCUT2D eigenvalue weighted by Crippen LogP contribution is 2.32. The Labute approximate surface area is 180 Å². The normalized spacial score (nSPS) is 17.1. The summed E-state index contributed by atoms with van der Waals surface area (Å²) >= 11 is 1.67. The number of carbonyl (C=O) groups excluding carboxylic acids is 2. The third kappa shape index (κ3) is 4.30. The molecule has 2 N–H and O–H groups in total. The summed E-state index contributed by atoms with van der Waals surface area (Å²) < 4.78 is 0. The van der Waals surface area contributed by atoms with Gasteiger partial charge in [-0.25, -0.2) is 0 Å². The molecule has 0 radical (unpaired) electrons. The van der Waals surface area contributed by atoms with E-state index in [1.807, 2.05) is 42.6 Å². The standard InChI is InChI=1S/C24H25N3O2S/c1-16-9-11-18(12-10-16)24(21-8-5-13-30-21)25-15-23(29)27-17(2)14-22(28)26-19-6-3-4-7-20(19)27/h3-13,17,24-25H,14-15H2,1-2H3,(H,26,28)/t17-,24+/m0/s1. The summed E-state index contributed by atoms with van der Waals surface area (Å²) in [5.74, 6) is -0.130. The van der Waals surface area contributed by atoms with Gasteiger partial charge in [0.05, 0.1) is 24.0 Å². The average molecular weight is 420 g/mol. The molecule has 1 aromatic heterocycles. The van der Waals surface area contributed by atoms with Gasteiger partial charge in [0.25, 0.3) is 0 Å². The lowest BCUT2D eigenvalue weighted by atomic mass is 10.0. The van der Waals surface area contributed by atoms with Gasteiger partial charge in [0, 0.05) is 17.3 Å². The number of hydrogen-bond acceptors (Lipinski definition) is 4. The lowest BCUT2D eigenvalue weighted by molar-refractivity contribution is -0.118. The number of rotatable bonds is 5. The van der Waals surface area contributed by atoms with Gasteiger partial charge < -0.3 is 10.2 Å². The smallest absolute Gasteiger partial charge is 0.241 e. The van der Waals surface area contributed by atoms with Crippen LogP contribution >= 0.6 is 11.3 Å². The first-order valence-electron chi connectivity index (χ1n) is 10.1. The number of para-hydroxylation sites is 2. The molecule has 4 rings (SSSR count). The summed E-state index contributed by atoms with van der Waals surface area (Å²) in [4.78, 5) is 28.4. The van der Waals surface area contributed by atoms with Gasteiger partial charge in [0.15, 0.2) is 0 Å². The molecule has 1 aliphatic rings. The van der Waals surface area contributed by atoms with Crippen molar-refractivity contribution in [3.63, 3.8) is 0 Å². The third-order valence-electron chi connectivity index (χ3n) is 5.32. The fourth-order valence-corrected chi connectivity index (χ4v) is 4.67. The molecule has 5 nitrogen and oxygen atoms in total. The second-order valence-corrected chi connectivity index (χ2v) is 8.60. The van der Waals surface area contributed by atoms with Crippen molar-refractivity contribution in [3.8, 4) is 0 Å². The minimum atomic E-state index is -0.220. The number of benzene rings is 2. The molecule has 0 fully saturated rings. The van der Waals surface area contributed by atoms with Gasteiger partial charge in [-0.05, 0) is 43.0 Å². The Hall–Kier alpha value is -2.96. The van der Waals surface area contributed by atoms with Crippen LogP contribution in [0.25, 0.3) is 0 Å². The SMILES string of the molecule is Cc1ccc([C@@H](NCC(=O)N2c3ccccc3NC(=O)C[C@@H]2C)c2cccs2)cc1. The van der Waals surface area contributed by atoms with Crippen LogP contribution in [0.5, 0.6) is 0 Å². The van der Waals surface area contributed by atoms with Crippen LogP contribution in [0.4, 0.5) is 11.4 Å². The Morgan fingerprint density at radius 1 is 1.17 bits per heavy atom. The maximum absolute atomic E-state index is 13.3. The van der Waals surface area contributed by atoms with Crippen molar-refractivity contribution in [2.24, 2.45) is 0 Å². The zero-order chi connectivity index (χ0) is 21.1. The molecule has 2 aromatic carbocycles. The molecule has 30 heavy (non-hydrogen) atoms. The van der Waals surface area contributed by atoms with Gasteiger partial charge in [-0.3, -0.25) is 14.9 Å². The number of anilines is 2. The molecule has 1 aliphatic heterocycles. The largest absolute Gasteiger partial charge is 0.324 e. The van der Waals surface area contributed by atoms with Gasteiger partial charge in [-0.2, -0.15) is 0 Å². The molecular weight excluding hydrogens is 394 g/mol. The zero-order valence-corrected chi connectivity index (χ0v) is 17.9. The van der Waals surface area contributed by atoms with E-state index in [-0.39, 0.29) is 36.9 Å². The fourth-order valence-electron chi connectivity index (χ4n) is 3.84. The van der Waals surface area contributed by atoms with Crippen molar-refractivity contribution >= 4 is 34.5 Å². The van der Waals surface area contributed by atoms with Crippen LogP contribution in [0.15, 0.2) is 66.0 Å². The van der Waals surface area contributed by atoms with Crippen molar-refractivity contribution in [1.82, 2.24) is 5.32 Å². The maximum Gasteiger partial charge on any atom is 0.241 e. The molecule has 0 saturated carbocycles. The zero-order valence-electron chi connectivity index (χ0n) is 17.1. The number of carbonyl (C=O) groups is 2. The van der Waals surface area contributed by atoms with Crippen molar-refractivity contribution in [2.45, 2.75) is 32.4 Å². The average Bonchev–Trinajstić information content (AvgIpc) is 3.21. The van der Waals surface area contributed by atoms with E-state index in [4.69, 9.17) is 0 Å². The van der Waals surface area contributed by atoms with Crippen molar-refractivity contribution < 1.29 is 9.59 Å². The van der Waals surface area contributed by atoms with Crippen LogP contribution in [-0.2, 0) is 9.59 Å². The summed E-state index contributed by atoms with van der Waals surface area (Å²) in [6.45, 7) is 4.15. The Kier molecular flexibility index (Phi) is 5.97. The van der Waals surface area contributed by atoms with Gasteiger partial charge in [0.1, 0.15) is 0 Å². The van der Waals surface area contributed by atoms with E-state index < -0.39 is 0 Å². The highest BCUT2D eigenvalue weighted by atomic mass is 32.1. The minimum absolute atomic E-state index is 0.0554. The quantitative estimate of drug-likeness (QED) is 0.640. The van der Waals surface area contributed by atoms with Crippen LogP contribution in [0.3, 0.4) is 0 Å². The Morgan fingerprint density at radius 2 is 1.93 bits per heavy atom. The molecule has 2 amide bonds. The van der Waals surface area contributed by atoms with Gasteiger partial charge in [0.2, 0.25) is 11.8 Å². The second kappa shape index (κ2) is 8.81. The van der Waals surface area contributed by atoms with E-state index >= 15 is 0 Å². The van der Waals surface area contributed by atoms with E-state index in [2.05, 4.69) is 47.9 Å². The first-order valence-corrected chi connectivity index (χ1v) is 10.9. The summed E-state index contributed by atoms with van der Waals surface area (Å²) in [5, 5.41) is 8.40. The third-order valence-corrected chi connectivity index (χ3v) is 6.26. The van der Waals surface area contributed by atoms with E-state index in [0.717, 1.165) is 16.1 Å². The summed E-state index contributed by atoms with van der Waals surface area (Å²) in [6.07, 6.45) is 0.271. The van der Waals surface area contributed by atoms with Gasteiger partial charge in [-0.15, -0.1) is 11.3 Å². The van der Waals surface area contributed by atoms with E-state index in [0.29, 0.717) is 5.69 Å². The number of thiophene rings is 1. The van der Waals surface area contributed by atoms with Crippen molar-refractivity contribution in [2.75, 3.05) is 16.8 Å². The van der Waals surface area contributed by atoms with E-state index in [9.17, 15) is 9.59 Å². The predicted octanol–water partition coefficient (Wildman–Crippen LogP) is 4.50. The van der Waals surface area contributed by atoms with Crippen molar-refractivity contribution in [3.05, 3.63) is 82.0 Å². The van der Waals surface area contributed by atoms with Crippen LogP contribution in [-0.4, -0.2) is 24.4 Å². The number of nitrogens with zero attached hydrogens (tertiary/aromatic N) is 1. The van der Waals surface area contributed by atoms with Crippen LogP contribution in [0.1, 0.15) is 35.4 Å². The van der Waals surface area contributed by atoms with Gasteiger partial charge >= 0.3 is 0 Å². The number of amides is 2. The molecule has 2 heterocycles. The lowest BCUT2D eigenvalue weighted by Crippen LogP contribution is -2.44. The van der Waals surface area contributed by atoms with E-state index in [1.54, 1.807) is 16.2 Å².